The van der Waals surface area contributed by atoms with Crippen LogP contribution in [0, 0.1) is 0 Å². The largest absolute Gasteiger partial charge is 0.493 e. The van der Waals surface area contributed by atoms with Gasteiger partial charge in [-0.05, 0) is 66.5 Å². The Morgan fingerprint density at radius 3 is 2.42 bits per heavy atom. The Morgan fingerprint density at radius 1 is 0.925 bits per heavy atom. The van der Waals surface area contributed by atoms with Crippen molar-refractivity contribution < 1.29 is 23.8 Å². The number of nitrogens with two attached hydrogens (primary N) is 1. The highest BCUT2D eigenvalue weighted by atomic mass is 32.1. The van der Waals surface area contributed by atoms with E-state index in [0.717, 1.165) is 36.8 Å². The van der Waals surface area contributed by atoms with Gasteiger partial charge in [0.15, 0.2) is 23.2 Å². The number of rotatable bonds is 11. The summed E-state index contributed by atoms with van der Waals surface area (Å²) >= 11 is 5.79. The average Bonchev–Trinajstić information content (AvgIpc) is 2.99. The lowest BCUT2D eigenvalue weighted by molar-refractivity contribution is -0.119. The van der Waals surface area contributed by atoms with E-state index in [1.807, 2.05) is 48.5 Å². The fraction of sp³-hybridized carbons (Fsp3) is 0.323. The second-order valence-corrected chi connectivity index (χ2v) is 10.1. The van der Waals surface area contributed by atoms with Gasteiger partial charge >= 0.3 is 0 Å². The van der Waals surface area contributed by atoms with Crippen LogP contribution in [0.4, 0.5) is 0 Å². The smallest absolute Gasteiger partial charge is 0.257 e. The van der Waals surface area contributed by atoms with Crippen LogP contribution in [0.15, 0.2) is 72.8 Å². The van der Waals surface area contributed by atoms with E-state index >= 15 is 0 Å². The molecular weight excluding hydrogens is 526 g/mol. The maximum absolute atomic E-state index is 13.2. The molecule has 9 heteroatoms. The fourth-order valence-corrected chi connectivity index (χ4v) is 5.05. The Kier molecular flexibility index (Phi) is 10.3. The zero-order valence-corrected chi connectivity index (χ0v) is 23.5. The fourth-order valence-electron chi connectivity index (χ4n) is 4.74. The van der Waals surface area contributed by atoms with Crippen LogP contribution in [-0.4, -0.2) is 41.6 Å². The molecule has 0 radical (unpaired) electrons. The Labute approximate surface area is 240 Å². The summed E-state index contributed by atoms with van der Waals surface area (Å²) in [4.78, 5) is 26.5. The molecule has 2 amide bonds. The molecule has 3 N–H and O–H groups in total. The van der Waals surface area contributed by atoms with Gasteiger partial charge in [-0.2, -0.15) is 0 Å². The maximum Gasteiger partial charge on any atom is 0.257 e. The van der Waals surface area contributed by atoms with Gasteiger partial charge in [0.2, 0.25) is 0 Å². The predicted octanol–water partition coefficient (Wildman–Crippen LogP) is 4.99. The topological polar surface area (TPSA) is 103 Å². The number of methoxy groups -OCH3 is 1. The molecule has 1 saturated carbocycles. The molecule has 210 valence electrons. The van der Waals surface area contributed by atoms with Gasteiger partial charge in [-0.15, -0.1) is 0 Å². The van der Waals surface area contributed by atoms with Crippen LogP contribution >= 0.6 is 12.2 Å². The molecule has 1 aliphatic carbocycles. The van der Waals surface area contributed by atoms with E-state index in [4.69, 9.17) is 32.2 Å². The van der Waals surface area contributed by atoms with Gasteiger partial charge in [-0.1, -0.05) is 61.7 Å². The number of thiocarbonyl (C=S) groups is 1. The van der Waals surface area contributed by atoms with Crippen LogP contribution < -0.4 is 25.3 Å². The minimum atomic E-state index is -0.566. The van der Waals surface area contributed by atoms with Crippen molar-refractivity contribution >= 4 is 29.1 Å². The van der Waals surface area contributed by atoms with Crippen molar-refractivity contribution in [1.82, 2.24) is 10.2 Å². The summed E-state index contributed by atoms with van der Waals surface area (Å²) in [5.74, 6) is 0.675. The van der Waals surface area contributed by atoms with Gasteiger partial charge in [0, 0.05) is 18.2 Å². The quantitative estimate of drug-likeness (QED) is 0.318. The number of ether oxygens (including phenoxy) is 3. The first kappa shape index (κ1) is 28.9. The van der Waals surface area contributed by atoms with Crippen LogP contribution in [0.1, 0.15) is 53.6 Å². The molecule has 8 nitrogen and oxygen atoms in total. The molecule has 0 aromatic heterocycles. The summed E-state index contributed by atoms with van der Waals surface area (Å²) in [6, 6.07) is 22.7. The number of hydrogen-bond acceptors (Lipinski definition) is 6. The third-order valence-electron chi connectivity index (χ3n) is 6.79. The van der Waals surface area contributed by atoms with Crippen LogP contribution in [0.25, 0.3) is 0 Å². The van der Waals surface area contributed by atoms with Gasteiger partial charge in [0.25, 0.3) is 11.8 Å². The molecular formula is C31H35N3O5S. The van der Waals surface area contributed by atoms with Crippen molar-refractivity contribution in [2.45, 2.75) is 51.3 Å². The zero-order chi connectivity index (χ0) is 28.3. The summed E-state index contributed by atoms with van der Waals surface area (Å²) in [5.41, 5.74) is 7.65. The lowest BCUT2D eigenvalue weighted by Crippen LogP contribution is -2.48. The normalized spacial score (nSPS) is 13.2. The molecule has 3 aromatic rings. The molecule has 4 rings (SSSR count). The highest BCUT2D eigenvalue weighted by Gasteiger charge is 2.25. The van der Waals surface area contributed by atoms with Crippen LogP contribution in [-0.2, 0) is 17.9 Å². The Hall–Kier alpha value is -4.11. The molecule has 0 heterocycles. The highest BCUT2D eigenvalue weighted by Crippen LogP contribution is 2.30. The molecule has 3 aromatic carbocycles. The first-order valence-corrected chi connectivity index (χ1v) is 13.8. The third kappa shape index (κ3) is 8.19. The number of benzene rings is 3. The first-order chi connectivity index (χ1) is 19.4. The third-order valence-corrected chi connectivity index (χ3v) is 7.13. The molecule has 0 aliphatic heterocycles. The standard InChI is InChI=1S/C31H35N3O5S/c1-37-28-17-23(15-16-27(28)39-21-29(32)35)19-34(25-12-6-3-7-13-25)31(40)33-30(36)24-11-8-14-26(18-24)38-20-22-9-4-2-5-10-22/h2,4-5,8-11,14-18,25H,3,6-7,12-13,19-21H2,1H3,(H2,32,35)(H,33,36,40). The summed E-state index contributed by atoms with van der Waals surface area (Å²) in [5, 5.41) is 3.32. The van der Waals surface area contributed by atoms with Crippen LogP contribution in [0.2, 0.25) is 0 Å². The summed E-state index contributed by atoms with van der Waals surface area (Å²) in [6.07, 6.45) is 5.41. The van der Waals surface area contributed by atoms with E-state index in [1.165, 1.54) is 13.5 Å². The molecule has 0 saturated heterocycles. The minimum absolute atomic E-state index is 0.207. The maximum atomic E-state index is 13.2. The number of hydrogen-bond donors (Lipinski definition) is 2. The zero-order valence-electron chi connectivity index (χ0n) is 22.6. The van der Waals surface area contributed by atoms with Gasteiger partial charge in [0.1, 0.15) is 12.4 Å². The molecule has 1 fully saturated rings. The Bertz CT molecular complexity index is 1310. The molecule has 1 aliphatic rings. The summed E-state index contributed by atoms with van der Waals surface area (Å²) in [6.45, 7) is 0.657. The van der Waals surface area contributed by atoms with Crippen molar-refractivity contribution in [2.75, 3.05) is 13.7 Å². The van der Waals surface area contributed by atoms with E-state index in [9.17, 15) is 9.59 Å². The van der Waals surface area contributed by atoms with Crippen molar-refractivity contribution in [3.63, 3.8) is 0 Å². The van der Waals surface area contributed by atoms with E-state index in [1.54, 1.807) is 24.3 Å². The number of primary amides is 1. The minimum Gasteiger partial charge on any atom is -0.493 e. The highest BCUT2D eigenvalue weighted by molar-refractivity contribution is 7.80. The lowest BCUT2D eigenvalue weighted by atomic mass is 9.94. The number of nitrogens with zero attached hydrogens (tertiary/aromatic N) is 1. The second kappa shape index (κ2) is 14.3. The molecule has 40 heavy (non-hydrogen) atoms. The van der Waals surface area contributed by atoms with E-state index < -0.39 is 5.91 Å². The Morgan fingerprint density at radius 2 is 1.70 bits per heavy atom. The average molecular weight is 562 g/mol. The predicted molar refractivity (Wildman–Crippen MR) is 157 cm³/mol. The van der Waals surface area contributed by atoms with Gasteiger partial charge in [0.05, 0.1) is 7.11 Å². The van der Waals surface area contributed by atoms with Crippen molar-refractivity contribution in [3.05, 3.63) is 89.5 Å². The monoisotopic (exact) mass is 561 g/mol. The van der Waals surface area contributed by atoms with E-state index in [-0.39, 0.29) is 18.6 Å². The number of carbonyl (C=O) groups excluding carboxylic acids is 2. The summed E-state index contributed by atoms with van der Waals surface area (Å²) in [7, 11) is 1.54. The van der Waals surface area contributed by atoms with Crippen molar-refractivity contribution in [2.24, 2.45) is 5.73 Å². The summed E-state index contributed by atoms with van der Waals surface area (Å²) < 4.78 is 16.8. The molecule has 0 atom stereocenters. The van der Waals surface area contributed by atoms with Crippen molar-refractivity contribution in [1.29, 1.82) is 0 Å². The van der Waals surface area contributed by atoms with Gasteiger partial charge in [-0.3, -0.25) is 14.9 Å². The molecule has 0 bridgehead atoms. The lowest BCUT2D eigenvalue weighted by Gasteiger charge is -2.36. The van der Waals surface area contributed by atoms with Crippen molar-refractivity contribution in [3.8, 4) is 17.2 Å². The van der Waals surface area contributed by atoms with Gasteiger partial charge in [-0.25, -0.2) is 0 Å². The van der Waals surface area contributed by atoms with Crippen LogP contribution in [0.3, 0.4) is 0 Å². The number of amides is 2. The van der Waals surface area contributed by atoms with Crippen LogP contribution in [0.5, 0.6) is 17.2 Å². The van der Waals surface area contributed by atoms with Gasteiger partial charge < -0.3 is 24.8 Å². The number of carbonyl (C=O) groups is 2. The second-order valence-electron chi connectivity index (χ2n) is 9.72. The number of nitrogens with one attached hydrogen (secondary N) is 1. The SMILES string of the molecule is COc1cc(CN(C(=S)NC(=O)c2cccc(OCc3ccccc3)c2)C2CCCCC2)ccc1OCC(N)=O. The molecule has 0 spiro atoms. The van der Waals surface area contributed by atoms with E-state index in [2.05, 4.69) is 10.2 Å². The first-order valence-electron chi connectivity index (χ1n) is 13.4. The molecule has 0 unspecified atom stereocenters. The Balaban J connectivity index is 1.45. The van der Waals surface area contributed by atoms with E-state index in [0.29, 0.717) is 41.1 Å².